The van der Waals surface area contributed by atoms with E-state index in [0.29, 0.717) is 22.8 Å². The zero-order valence-corrected chi connectivity index (χ0v) is 19.9. The number of thioether (sulfide) groups is 1. The predicted octanol–water partition coefficient (Wildman–Crippen LogP) is 5.10. The summed E-state index contributed by atoms with van der Waals surface area (Å²) < 4.78 is 14.0. The highest BCUT2D eigenvalue weighted by Crippen LogP contribution is 2.22. The van der Waals surface area contributed by atoms with Crippen molar-refractivity contribution in [1.82, 2.24) is 10.2 Å². The molecule has 4 nitrogen and oxygen atoms in total. The van der Waals surface area contributed by atoms with Gasteiger partial charge in [-0.1, -0.05) is 78.3 Å². The van der Waals surface area contributed by atoms with Crippen LogP contribution in [0.4, 0.5) is 4.39 Å². The topological polar surface area (TPSA) is 49.4 Å². The predicted molar refractivity (Wildman–Crippen MR) is 133 cm³/mol. The second-order valence-corrected chi connectivity index (χ2v) is 8.91. The van der Waals surface area contributed by atoms with Crippen LogP contribution < -0.4 is 5.32 Å². The molecule has 0 heterocycles. The van der Waals surface area contributed by atoms with Crippen molar-refractivity contribution in [3.8, 4) is 0 Å². The van der Waals surface area contributed by atoms with Crippen LogP contribution in [0.2, 0.25) is 5.02 Å². The van der Waals surface area contributed by atoms with Crippen molar-refractivity contribution in [3.05, 3.63) is 106 Å². The standard InChI is InChI=1S/C26H26ClFN2O2S/c1-29-26(32)24(15-19-9-3-2-4-10-19)30(16-20-11-5-7-13-22(20)27)25(31)18-33-17-21-12-6-8-14-23(21)28/h2-14,24H,15-18H2,1H3,(H,29,32)/t24-/m0/s1. The highest BCUT2D eigenvalue weighted by molar-refractivity contribution is 7.99. The minimum absolute atomic E-state index is 0.112. The summed E-state index contributed by atoms with van der Waals surface area (Å²) >= 11 is 7.69. The number of rotatable bonds is 10. The summed E-state index contributed by atoms with van der Waals surface area (Å²) in [7, 11) is 1.56. The lowest BCUT2D eigenvalue weighted by molar-refractivity contribution is -0.139. The van der Waals surface area contributed by atoms with Crippen molar-refractivity contribution >= 4 is 35.2 Å². The largest absolute Gasteiger partial charge is 0.357 e. The van der Waals surface area contributed by atoms with Gasteiger partial charge in [0.05, 0.1) is 5.75 Å². The van der Waals surface area contributed by atoms with Gasteiger partial charge in [0.2, 0.25) is 11.8 Å². The summed E-state index contributed by atoms with van der Waals surface area (Å²) in [6, 6.07) is 22.7. The molecular weight excluding hydrogens is 459 g/mol. The molecule has 0 aromatic heterocycles. The first-order chi connectivity index (χ1) is 16.0. The van der Waals surface area contributed by atoms with Crippen LogP contribution in [0, 0.1) is 5.82 Å². The molecule has 172 valence electrons. The van der Waals surface area contributed by atoms with Crippen molar-refractivity contribution in [2.45, 2.75) is 24.8 Å². The lowest BCUT2D eigenvalue weighted by Crippen LogP contribution is -2.50. The summed E-state index contributed by atoms with van der Waals surface area (Å²) in [6.07, 6.45) is 0.370. The Kier molecular flexibility index (Phi) is 9.34. The van der Waals surface area contributed by atoms with Crippen LogP contribution in [0.1, 0.15) is 16.7 Å². The number of benzene rings is 3. The number of hydrogen-bond donors (Lipinski definition) is 1. The highest BCUT2D eigenvalue weighted by atomic mass is 35.5. The van der Waals surface area contributed by atoms with Crippen molar-refractivity contribution < 1.29 is 14.0 Å². The van der Waals surface area contributed by atoms with Crippen LogP contribution in [-0.2, 0) is 28.3 Å². The van der Waals surface area contributed by atoms with Crippen molar-refractivity contribution in [1.29, 1.82) is 0 Å². The number of likely N-dealkylation sites (N-methyl/N-ethyl adjacent to an activating group) is 1. The molecule has 2 amide bonds. The van der Waals surface area contributed by atoms with Gasteiger partial charge in [0.1, 0.15) is 11.9 Å². The van der Waals surface area contributed by atoms with E-state index in [2.05, 4.69) is 5.32 Å². The van der Waals surface area contributed by atoms with Gasteiger partial charge < -0.3 is 10.2 Å². The van der Waals surface area contributed by atoms with Gasteiger partial charge in [0, 0.05) is 30.8 Å². The van der Waals surface area contributed by atoms with Gasteiger partial charge in [-0.25, -0.2) is 4.39 Å². The lowest BCUT2D eigenvalue weighted by atomic mass is 10.0. The van der Waals surface area contributed by atoms with Gasteiger partial charge in [-0.3, -0.25) is 9.59 Å². The SMILES string of the molecule is CNC(=O)[C@H](Cc1ccccc1)N(Cc1ccccc1Cl)C(=O)CSCc1ccccc1F. The van der Waals surface area contributed by atoms with Crippen LogP contribution in [-0.4, -0.2) is 35.6 Å². The Balaban J connectivity index is 1.83. The van der Waals surface area contributed by atoms with E-state index in [1.807, 2.05) is 48.5 Å². The maximum atomic E-state index is 14.0. The Morgan fingerprint density at radius 3 is 2.27 bits per heavy atom. The number of nitrogens with one attached hydrogen (secondary N) is 1. The van der Waals surface area contributed by atoms with Gasteiger partial charge in [0.25, 0.3) is 0 Å². The van der Waals surface area contributed by atoms with Gasteiger partial charge in [-0.2, -0.15) is 0 Å². The summed E-state index contributed by atoms with van der Waals surface area (Å²) in [5, 5.41) is 3.22. The molecule has 0 fully saturated rings. The first-order valence-corrected chi connectivity index (χ1v) is 12.1. The molecule has 0 saturated carbocycles. The molecule has 0 saturated heterocycles. The van der Waals surface area contributed by atoms with E-state index in [-0.39, 0.29) is 29.9 Å². The smallest absolute Gasteiger partial charge is 0.242 e. The number of nitrogens with zero attached hydrogens (tertiary/aromatic N) is 1. The molecule has 33 heavy (non-hydrogen) atoms. The number of carbonyl (C=O) groups excluding carboxylic acids is 2. The molecule has 3 aromatic carbocycles. The van der Waals surface area contributed by atoms with Crippen molar-refractivity contribution in [3.63, 3.8) is 0 Å². The molecule has 0 aliphatic carbocycles. The minimum Gasteiger partial charge on any atom is -0.357 e. The first-order valence-electron chi connectivity index (χ1n) is 10.6. The number of hydrogen-bond acceptors (Lipinski definition) is 3. The minimum atomic E-state index is -0.713. The van der Waals surface area contributed by atoms with Crippen molar-refractivity contribution in [2.75, 3.05) is 12.8 Å². The fraction of sp³-hybridized carbons (Fsp3) is 0.231. The Bertz CT molecular complexity index is 1080. The fourth-order valence-corrected chi connectivity index (χ4v) is 4.57. The van der Waals surface area contributed by atoms with E-state index in [9.17, 15) is 14.0 Å². The maximum Gasteiger partial charge on any atom is 0.242 e. The molecule has 0 aliphatic heterocycles. The van der Waals surface area contributed by atoms with Crippen LogP contribution in [0.3, 0.4) is 0 Å². The van der Waals surface area contributed by atoms with Crippen molar-refractivity contribution in [2.24, 2.45) is 0 Å². The third-order valence-corrected chi connectivity index (χ3v) is 6.59. The number of amides is 2. The molecule has 1 N–H and O–H groups in total. The van der Waals surface area contributed by atoms with Crippen LogP contribution in [0.5, 0.6) is 0 Å². The summed E-state index contributed by atoms with van der Waals surface area (Å²) in [6.45, 7) is 0.198. The second-order valence-electron chi connectivity index (χ2n) is 7.52. The molecule has 0 radical (unpaired) electrons. The zero-order valence-electron chi connectivity index (χ0n) is 18.3. The van der Waals surface area contributed by atoms with Crippen LogP contribution >= 0.6 is 23.4 Å². The molecule has 0 spiro atoms. The number of carbonyl (C=O) groups is 2. The third-order valence-electron chi connectivity index (χ3n) is 5.26. The zero-order chi connectivity index (χ0) is 23.6. The summed E-state index contributed by atoms with van der Waals surface area (Å²) in [4.78, 5) is 27.8. The highest BCUT2D eigenvalue weighted by Gasteiger charge is 2.30. The molecule has 1 atom stereocenters. The van der Waals surface area contributed by atoms with Crippen LogP contribution in [0.15, 0.2) is 78.9 Å². The van der Waals surface area contributed by atoms with Crippen LogP contribution in [0.25, 0.3) is 0 Å². The Labute approximate surface area is 203 Å². The van der Waals surface area contributed by atoms with E-state index in [4.69, 9.17) is 11.6 Å². The average Bonchev–Trinajstić information content (AvgIpc) is 2.83. The van der Waals surface area contributed by atoms with Gasteiger partial charge in [0.15, 0.2) is 0 Å². The Morgan fingerprint density at radius 2 is 1.61 bits per heavy atom. The molecule has 3 rings (SSSR count). The second kappa shape index (κ2) is 12.4. The Hall–Kier alpha value is -2.83. The van der Waals surface area contributed by atoms with Gasteiger partial charge in [-0.15, -0.1) is 11.8 Å². The third kappa shape index (κ3) is 7.07. The summed E-state index contributed by atoms with van der Waals surface area (Å²) in [5.74, 6) is -0.278. The molecule has 0 unspecified atom stereocenters. The fourth-order valence-electron chi connectivity index (χ4n) is 3.48. The van der Waals surface area contributed by atoms with Gasteiger partial charge >= 0.3 is 0 Å². The molecule has 0 aliphatic rings. The Morgan fingerprint density at radius 1 is 0.970 bits per heavy atom. The van der Waals surface area contributed by atoms with E-state index >= 15 is 0 Å². The van der Waals surface area contributed by atoms with E-state index in [1.165, 1.54) is 17.8 Å². The molecule has 0 bridgehead atoms. The molecular formula is C26H26ClFN2O2S. The normalized spacial score (nSPS) is 11.6. The summed E-state index contributed by atoms with van der Waals surface area (Å²) in [5.41, 5.74) is 2.25. The number of halogens is 2. The maximum absolute atomic E-state index is 14.0. The quantitative estimate of drug-likeness (QED) is 0.435. The van der Waals surface area contributed by atoms with E-state index in [0.717, 1.165) is 11.1 Å². The van der Waals surface area contributed by atoms with Gasteiger partial charge in [-0.05, 0) is 28.8 Å². The molecule has 7 heteroatoms. The van der Waals surface area contributed by atoms with E-state index in [1.54, 1.807) is 36.2 Å². The molecule has 3 aromatic rings. The lowest BCUT2D eigenvalue weighted by Gasteiger charge is -2.31. The van der Waals surface area contributed by atoms with E-state index < -0.39 is 6.04 Å². The monoisotopic (exact) mass is 484 g/mol. The average molecular weight is 485 g/mol. The first kappa shape index (κ1) is 24.8.